The van der Waals surface area contributed by atoms with Crippen LogP contribution in [0.15, 0.2) is 18.5 Å². The second-order valence-electron chi connectivity index (χ2n) is 5.13. The van der Waals surface area contributed by atoms with E-state index in [2.05, 4.69) is 39.1 Å². The number of nitrogens with one attached hydrogen (secondary N) is 1. The number of hydrogen-bond donors (Lipinski definition) is 1. The fourth-order valence-corrected chi connectivity index (χ4v) is 2.10. The van der Waals surface area contributed by atoms with Gasteiger partial charge in [0, 0.05) is 29.8 Å². The van der Waals surface area contributed by atoms with E-state index in [1.165, 1.54) is 5.56 Å². The van der Waals surface area contributed by atoms with Crippen molar-refractivity contribution in [1.82, 2.24) is 25.3 Å². The van der Waals surface area contributed by atoms with Gasteiger partial charge in [0.2, 0.25) is 0 Å². The van der Waals surface area contributed by atoms with Crippen molar-refractivity contribution >= 4 is 0 Å². The third-order valence-electron chi connectivity index (χ3n) is 3.11. The van der Waals surface area contributed by atoms with Crippen LogP contribution in [-0.2, 0) is 6.42 Å². The summed E-state index contributed by atoms with van der Waals surface area (Å²) in [6.45, 7) is 9.26. The molecule has 0 saturated heterocycles. The van der Waals surface area contributed by atoms with Gasteiger partial charge in [-0.05, 0) is 38.4 Å². The molecule has 2 aromatic heterocycles. The van der Waals surface area contributed by atoms with Crippen molar-refractivity contribution < 1.29 is 0 Å². The van der Waals surface area contributed by atoms with Gasteiger partial charge in [0.15, 0.2) is 11.6 Å². The minimum absolute atomic E-state index is 0.494. The van der Waals surface area contributed by atoms with Gasteiger partial charge in [-0.3, -0.25) is 0 Å². The lowest BCUT2D eigenvalue weighted by Crippen LogP contribution is -2.25. The van der Waals surface area contributed by atoms with Crippen LogP contribution in [0.5, 0.6) is 0 Å². The molecule has 0 aliphatic carbocycles. The zero-order valence-electron chi connectivity index (χ0n) is 12.5. The van der Waals surface area contributed by atoms with E-state index < -0.39 is 0 Å². The highest BCUT2D eigenvalue weighted by Crippen LogP contribution is 2.15. The fourth-order valence-electron chi connectivity index (χ4n) is 2.10. The monoisotopic (exact) mass is 271 g/mol. The van der Waals surface area contributed by atoms with Crippen molar-refractivity contribution in [1.29, 1.82) is 0 Å². The smallest absolute Gasteiger partial charge is 0.198 e. The highest BCUT2D eigenvalue weighted by Gasteiger charge is 2.11. The predicted molar refractivity (Wildman–Crippen MR) is 79.4 cm³/mol. The van der Waals surface area contributed by atoms with Crippen LogP contribution >= 0.6 is 0 Å². The largest absolute Gasteiger partial charge is 0.314 e. The Morgan fingerprint density at radius 1 is 1.00 bits per heavy atom. The van der Waals surface area contributed by atoms with Crippen LogP contribution in [0, 0.1) is 13.8 Å². The molecule has 0 atom stereocenters. The molecule has 0 unspecified atom stereocenters. The van der Waals surface area contributed by atoms with E-state index in [4.69, 9.17) is 0 Å². The molecule has 2 heterocycles. The van der Waals surface area contributed by atoms with Gasteiger partial charge in [-0.25, -0.2) is 19.9 Å². The Morgan fingerprint density at radius 2 is 1.60 bits per heavy atom. The topological polar surface area (TPSA) is 63.6 Å². The minimum atomic E-state index is 0.494. The summed E-state index contributed by atoms with van der Waals surface area (Å²) in [7, 11) is 0. The molecule has 2 rings (SSSR count). The summed E-state index contributed by atoms with van der Waals surface area (Å²) in [5.74, 6) is 1.17. The molecule has 2 aromatic rings. The molecular weight excluding hydrogens is 250 g/mol. The first kappa shape index (κ1) is 14.5. The first-order valence-corrected chi connectivity index (χ1v) is 6.93. The van der Waals surface area contributed by atoms with Gasteiger partial charge in [0.05, 0.1) is 0 Å². The van der Waals surface area contributed by atoms with Gasteiger partial charge < -0.3 is 5.32 Å². The second kappa shape index (κ2) is 6.52. The van der Waals surface area contributed by atoms with Crippen LogP contribution in [0.25, 0.3) is 11.6 Å². The maximum atomic E-state index is 4.54. The van der Waals surface area contributed by atoms with Crippen LogP contribution in [0.2, 0.25) is 0 Å². The third-order valence-corrected chi connectivity index (χ3v) is 3.11. The van der Waals surface area contributed by atoms with Crippen molar-refractivity contribution in [2.75, 3.05) is 6.54 Å². The molecular formula is C15H21N5. The van der Waals surface area contributed by atoms with E-state index in [1.807, 2.05) is 13.8 Å². The summed E-state index contributed by atoms with van der Waals surface area (Å²) in [6, 6.07) is 2.28. The van der Waals surface area contributed by atoms with Gasteiger partial charge in [-0.2, -0.15) is 0 Å². The van der Waals surface area contributed by atoms with E-state index >= 15 is 0 Å². The van der Waals surface area contributed by atoms with Crippen LogP contribution in [-0.4, -0.2) is 32.5 Å². The van der Waals surface area contributed by atoms with Crippen LogP contribution < -0.4 is 5.32 Å². The van der Waals surface area contributed by atoms with Crippen molar-refractivity contribution in [3.8, 4) is 11.6 Å². The molecule has 0 fully saturated rings. The second-order valence-corrected chi connectivity index (χ2v) is 5.13. The van der Waals surface area contributed by atoms with Crippen molar-refractivity contribution in [2.24, 2.45) is 0 Å². The number of aromatic nitrogens is 4. The van der Waals surface area contributed by atoms with E-state index in [1.54, 1.807) is 18.5 Å². The molecule has 20 heavy (non-hydrogen) atoms. The quantitative estimate of drug-likeness (QED) is 0.902. The molecule has 5 nitrogen and oxygen atoms in total. The number of aryl methyl sites for hydroxylation is 2. The molecule has 0 radical (unpaired) electrons. The Balaban J connectivity index is 2.21. The molecule has 0 aliphatic heterocycles. The lowest BCUT2D eigenvalue weighted by atomic mass is 10.1. The van der Waals surface area contributed by atoms with E-state index in [-0.39, 0.29) is 0 Å². The summed E-state index contributed by atoms with van der Waals surface area (Å²) in [5, 5.41) is 3.41. The molecule has 0 aromatic carbocycles. The minimum Gasteiger partial charge on any atom is -0.314 e. The van der Waals surface area contributed by atoms with Crippen molar-refractivity contribution in [3.63, 3.8) is 0 Å². The Labute approximate surface area is 119 Å². The average Bonchev–Trinajstić information content (AvgIpc) is 2.42. The van der Waals surface area contributed by atoms with Gasteiger partial charge in [-0.1, -0.05) is 13.8 Å². The zero-order chi connectivity index (χ0) is 14.5. The van der Waals surface area contributed by atoms with E-state index in [0.717, 1.165) is 24.4 Å². The molecule has 0 aliphatic rings. The summed E-state index contributed by atoms with van der Waals surface area (Å²) < 4.78 is 0. The highest BCUT2D eigenvalue weighted by atomic mass is 15.0. The fraction of sp³-hybridized carbons (Fsp3) is 0.467. The molecule has 0 saturated carbocycles. The van der Waals surface area contributed by atoms with E-state index in [0.29, 0.717) is 17.7 Å². The standard InChI is InChI=1S/C15H21N5/c1-10(2)16-9-6-13-11(3)19-15(20-12(13)4)14-17-7-5-8-18-14/h5,7-8,10,16H,6,9H2,1-4H3. The SMILES string of the molecule is Cc1nc(-c2ncccn2)nc(C)c1CCNC(C)C. The molecule has 106 valence electrons. The Morgan fingerprint density at radius 3 is 2.15 bits per heavy atom. The predicted octanol–water partition coefficient (Wildman–Crippen LogP) is 2.09. The Bertz CT molecular complexity index is 543. The first-order chi connectivity index (χ1) is 9.58. The molecule has 0 spiro atoms. The van der Waals surface area contributed by atoms with Crippen LogP contribution in [0.3, 0.4) is 0 Å². The van der Waals surface area contributed by atoms with Crippen molar-refractivity contribution in [3.05, 3.63) is 35.4 Å². The van der Waals surface area contributed by atoms with Crippen molar-refractivity contribution in [2.45, 2.75) is 40.2 Å². The number of nitrogens with zero attached hydrogens (tertiary/aromatic N) is 4. The summed E-state index contributed by atoms with van der Waals surface area (Å²) in [4.78, 5) is 17.5. The normalized spacial score (nSPS) is 11.1. The summed E-state index contributed by atoms with van der Waals surface area (Å²) in [5.41, 5.74) is 3.22. The number of rotatable bonds is 5. The summed E-state index contributed by atoms with van der Waals surface area (Å²) in [6.07, 6.45) is 4.35. The summed E-state index contributed by atoms with van der Waals surface area (Å²) >= 11 is 0. The molecule has 1 N–H and O–H groups in total. The average molecular weight is 271 g/mol. The highest BCUT2D eigenvalue weighted by molar-refractivity contribution is 5.44. The Hall–Kier alpha value is -1.88. The maximum Gasteiger partial charge on any atom is 0.198 e. The third kappa shape index (κ3) is 3.57. The Kier molecular flexibility index (Phi) is 4.74. The van der Waals surface area contributed by atoms with E-state index in [9.17, 15) is 0 Å². The molecule has 0 bridgehead atoms. The lowest BCUT2D eigenvalue weighted by Gasteiger charge is -2.12. The first-order valence-electron chi connectivity index (χ1n) is 6.93. The van der Waals surface area contributed by atoms with Gasteiger partial charge in [0.1, 0.15) is 0 Å². The zero-order valence-corrected chi connectivity index (χ0v) is 12.5. The number of hydrogen-bond acceptors (Lipinski definition) is 5. The van der Waals surface area contributed by atoms with Gasteiger partial charge >= 0.3 is 0 Å². The maximum absolute atomic E-state index is 4.54. The lowest BCUT2D eigenvalue weighted by molar-refractivity contribution is 0.587. The van der Waals surface area contributed by atoms with Gasteiger partial charge in [0.25, 0.3) is 0 Å². The molecule has 5 heteroatoms. The molecule has 0 amide bonds. The van der Waals surface area contributed by atoms with Crippen LogP contribution in [0.4, 0.5) is 0 Å². The van der Waals surface area contributed by atoms with Crippen LogP contribution in [0.1, 0.15) is 30.8 Å². The van der Waals surface area contributed by atoms with Gasteiger partial charge in [-0.15, -0.1) is 0 Å².